The highest BCUT2D eigenvalue weighted by atomic mass is 32.1. The van der Waals surface area contributed by atoms with Gasteiger partial charge in [-0.3, -0.25) is 9.69 Å². The molecule has 0 spiro atoms. The van der Waals surface area contributed by atoms with Crippen molar-refractivity contribution in [1.29, 1.82) is 0 Å². The maximum atomic E-state index is 12.6. The number of thiazole rings is 1. The Labute approximate surface area is 180 Å². The van der Waals surface area contributed by atoms with Gasteiger partial charge in [0.25, 0.3) is 0 Å². The smallest absolute Gasteiger partial charge is 0.226 e. The van der Waals surface area contributed by atoms with Gasteiger partial charge in [-0.2, -0.15) is 0 Å². The first-order valence-corrected chi connectivity index (χ1v) is 11.1. The van der Waals surface area contributed by atoms with E-state index < -0.39 is 0 Å². The zero-order chi connectivity index (χ0) is 20.9. The fourth-order valence-corrected chi connectivity index (χ4v) is 4.49. The molecule has 0 saturated carbocycles. The second kappa shape index (κ2) is 9.55. The second-order valence-electron chi connectivity index (χ2n) is 7.61. The van der Waals surface area contributed by atoms with Crippen LogP contribution in [0.4, 0.5) is 0 Å². The maximum absolute atomic E-state index is 12.6. The molecule has 1 aliphatic rings. The molecule has 1 fully saturated rings. The highest BCUT2D eigenvalue weighted by Crippen LogP contribution is 2.26. The Kier molecular flexibility index (Phi) is 6.62. The number of carbonyl (C=O) groups is 1. The number of nitrogens with zero attached hydrogens (tertiary/aromatic N) is 2. The van der Waals surface area contributed by atoms with E-state index in [9.17, 15) is 4.79 Å². The van der Waals surface area contributed by atoms with Crippen LogP contribution in [0, 0.1) is 13.8 Å². The Bertz CT molecular complexity index is 991. The molecule has 4 rings (SSSR count). The first-order chi connectivity index (χ1) is 14.6. The molecule has 2 aromatic heterocycles. The van der Waals surface area contributed by atoms with E-state index >= 15 is 0 Å². The SMILES string of the molecule is Cc1cccc(C(CNC(=O)Cc2csc(-c3ccc(C)o3)n2)N2CCOCC2)c1. The van der Waals surface area contributed by atoms with E-state index in [1.54, 1.807) is 0 Å². The summed E-state index contributed by atoms with van der Waals surface area (Å²) in [5.74, 6) is 1.58. The first kappa shape index (κ1) is 20.8. The highest BCUT2D eigenvalue weighted by Gasteiger charge is 2.23. The molecule has 3 aromatic rings. The summed E-state index contributed by atoms with van der Waals surface area (Å²) in [5, 5.41) is 5.85. The molecule has 1 unspecified atom stereocenters. The summed E-state index contributed by atoms with van der Waals surface area (Å²) in [7, 11) is 0. The van der Waals surface area contributed by atoms with E-state index in [4.69, 9.17) is 9.15 Å². The van der Waals surface area contributed by atoms with Crippen LogP contribution < -0.4 is 5.32 Å². The topological polar surface area (TPSA) is 67.6 Å². The van der Waals surface area contributed by atoms with Gasteiger partial charge in [0.05, 0.1) is 31.4 Å². The Balaban J connectivity index is 1.39. The summed E-state index contributed by atoms with van der Waals surface area (Å²) in [6.07, 6.45) is 0.264. The van der Waals surface area contributed by atoms with E-state index in [-0.39, 0.29) is 18.4 Å². The zero-order valence-corrected chi connectivity index (χ0v) is 18.2. The van der Waals surface area contributed by atoms with Crippen molar-refractivity contribution in [1.82, 2.24) is 15.2 Å². The largest absolute Gasteiger partial charge is 0.459 e. The molecule has 30 heavy (non-hydrogen) atoms. The van der Waals surface area contributed by atoms with Gasteiger partial charge in [0.2, 0.25) is 5.91 Å². The van der Waals surface area contributed by atoms with Gasteiger partial charge in [0.1, 0.15) is 5.76 Å². The zero-order valence-electron chi connectivity index (χ0n) is 17.4. The van der Waals surface area contributed by atoms with E-state index in [0.717, 1.165) is 48.5 Å². The van der Waals surface area contributed by atoms with Crippen LogP contribution >= 0.6 is 11.3 Å². The molecule has 0 radical (unpaired) electrons. The lowest BCUT2D eigenvalue weighted by atomic mass is 10.0. The quantitative estimate of drug-likeness (QED) is 0.624. The molecule has 1 N–H and O–H groups in total. The summed E-state index contributed by atoms with van der Waals surface area (Å²) < 4.78 is 11.1. The number of hydrogen-bond donors (Lipinski definition) is 1. The predicted octanol–water partition coefficient (Wildman–Crippen LogP) is 3.75. The van der Waals surface area contributed by atoms with Gasteiger partial charge in [-0.1, -0.05) is 29.8 Å². The van der Waals surface area contributed by atoms with E-state index in [2.05, 4.69) is 46.4 Å². The van der Waals surface area contributed by atoms with Crippen LogP contribution in [0.15, 0.2) is 46.2 Å². The number of amides is 1. The van der Waals surface area contributed by atoms with Crippen LogP contribution in [-0.2, 0) is 16.0 Å². The highest BCUT2D eigenvalue weighted by molar-refractivity contribution is 7.13. The fraction of sp³-hybridized carbons (Fsp3) is 0.391. The van der Waals surface area contributed by atoms with Crippen LogP contribution in [0.2, 0.25) is 0 Å². The summed E-state index contributed by atoms with van der Waals surface area (Å²) in [4.78, 5) is 19.6. The molecule has 1 amide bonds. The van der Waals surface area contributed by atoms with Crippen molar-refractivity contribution in [2.75, 3.05) is 32.8 Å². The Morgan fingerprint density at radius 1 is 1.23 bits per heavy atom. The summed E-state index contributed by atoms with van der Waals surface area (Å²) in [6, 6.07) is 12.5. The Morgan fingerprint density at radius 3 is 2.80 bits per heavy atom. The standard InChI is InChI=1S/C23H27N3O3S/c1-16-4-3-5-18(12-16)20(26-8-10-28-11-9-26)14-24-22(27)13-19-15-30-23(25-19)21-7-6-17(2)29-21/h3-7,12,15,20H,8-11,13-14H2,1-2H3,(H,24,27). The number of rotatable bonds is 7. The third-order valence-corrected chi connectivity index (χ3v) is 6.16. The number of ether oxygens (including phenoxy) is 1. The average molecular weight is 426 g/mol. The number of benzene rings is 1. The van der Waals surface area contributed by atoms with Gasteiger partial charge < -0.3 is 14.5 Å². The summed E-state index contributed by atoms with van der Waals surface area (Å²) in [5.41, 5.74) is 3.21. The third kappa shape index (κ3) is 5.16. The number of furan rings is 1. The lowest BCUT2D eigenvalue weighted by Gasteiger charge is -2.35. The average Bonchev–Trinajstić information content (AvgIpc) is 3.38. The third-order valence-electron chi connectivity index (χ3n) is 5.25. The van der Waals surface area contributed by atoms with Gasteiger partial charge in [-0.25, -0.2) is 4.98 Å². The number of carbonyl (C=O) groups excluding carboxylic acids is 1. The molecule has 0 bridgehead atoms. The maximum Gasteiger partial charge on any atom is 0.226 e. The monoisotopic (exact) mass is 425 g/mol. The minimum Gasteiger partial charge on any atom is -0.459 e. The van der Waals surface area contributed by atoms with Crippen molar-refractivity contribution in [3.63, 3.8) is 0 Å². The minimum absolute atomic E-state index is 0.0200. The normalized spacial score (nSPS) is 15.8. The van der Waals surface area contributed by atoms with Gasteiger partial charge in [-0.05, 0) is 31.5 Å². The Morgan fingerprint density at radius 2 is 2.07 bits per heavy atom. The number of hydrogen-bond acceptors (Lipinski definition) is 6. The number of morpholine rings is 1. The molecule has 0 aliphatic carbocycles. The molecule has 1 aliphatic heterocycles. The molecule has 7 heteroatoms. The molecule has 1 aromatic carbocycles. The summed E-state index contributed by atoms with van der Waals surface area (Å²) in [6.45, 7) is 7.76. The second-order valence-corrected chi connectivity index (χ2v) is 8.47. The molecule has 158 valence electrons. The van der Waals surface area contributed by atoms with Gasteiger partial charge >= 0.3 is 0 Å². The number of aryl methyl sites for hydroxylation is 2. The van der Waals surface area contributed by atoms with Crippen LogP contribution in [0.3, 0.4) is 0 Å². The first-order valence-electron chi connectivity index (χ1n) is 10.2. The molecule has 1 saturated heterocycles. The van der Waals surface area contributed by atoms with Crippen molar-refractivity contribution < 1.29 is 13.9 Å². The van der Waals surface area contributed by atoms with Crippen molar-refractivity contribution in [3.05, 3.63) is 64.4 Å². The van der Waals surface area contributed by atoms with E-state index in [1.807, 2.05) is 24.4 Å². The molecule has 1 atom stereocenters. The van der Waals surface area contributed by atoms with Crippen molar-refractivity contribution in [2.45, 2.75) is 26.3 Å². The van der Waals surface area contributed by atoms with E-state index in [0.29, 0.717) is 6.54 Å². The van der Waals surface area contributed by atoms with Crippen molar-refractivity contribution >= 4 is 17.2 Å². The Hall–Kier alpha value is -2.48. The molecular weight excluding hydrogens is 398 g/mol. The van der Waals surface area contributed by atoms with E-state index in [1.165, 1.54) is 22.5 Å². The van der Waals surface area contributed by atoms with Crippen molar-refractivity contribution in [3.8, 4) is 10.8 Å². The van der Waals surface area contributed by atoms with Gasteiger partial charge in [0, 0.05) is 25.0 Å². The van der Waals surface area contributed by atoms with Gasteiger partial charge in [0.15, 0.2) is 10.8 Å². The molecular formula is C23H27N3O3S. The predicted molar refractivity (Wildman–Crippen MR) is 118 cm³/mol. The van der Waals surface area contributed by atoms with Crippen LogP contribution in [0.5, 0.6) is 0 Å². The minimum atomic E-state index is -0.0200. The van der Waals surface area contributed by atoms with Crippen LogP contribution in [0.25, 0.3) is 10.8 Å². The lowest BCUT2D eigenvalue weighted by Crippen LogP contribution is -2.44. The van der Waals surface area contributed by atoms with Crippen molar-refractivity contribution in [2.24, 2.45) is 0 Å². The molecule has 6 nitrogen and oxygen atoms in total. The van der Waals surface area contributed by atoms with Gasteiger partial charge in [-0.15, -0.1) is 11.3 Å². The number of nitrogens with one attached hydrogen (secondary N) is 1. The summed E-state index contributed by atoms with van der Waals surface area (Å²) >= 11 is 1.50. The molecule has 3 heterocycles. The van der Waals surface area contributed by atoms with Crippen LogP contribution in [0.1, 0.15) is 28.6 Å². The lowest BCUT2D eigenvalue weighted by molar-refractivity contribution is -0.120. The number of aromatic nitrogens is 1. The fourth-order valence-electron chi connectivity index (χ4n) is 3.71. The van der Waals surface area contributed by atoms with Crippen LogP contribution in [-0.4, -0.2) is 48.6 Å².